The number of H-pyrrole nitrogens is 1. The van der Waals surface area contributed by atoms with Gasteiger partial charge in [0.2, 0.25) is 5.88 Å². The summed E-state index contributed by atoms with van der Waals surface area (Å²) >= 11 is 5.20. The lowest BCUT2D eigenvalue weighted by molar-refractivity contribution is 0.411. The number of nitrogens with one attached hydrogen (secondary N) is 1. The van der Waals surface area contributed by atoms with Crippen molar-refractivity contribution in [1.82, 2.24) is 9.55 Å². The highest BCUT2D eigenvalue weighted by Gasteiger charge is 2.13. The van der Waals surface area contributed by atoms with E-state index < -0.39 is 5.56 Å². The third-order valence-corrected chi connectivity index (χ3v) is 4.24. The zero-order chi connectivity index (χ0) is 18.7. The molecule has 0 unspecified atom stereocenters. The van der Waals surface area contributed by atoms with Crippen LogP contribution < -0.4 is 5.56 Å². The number of nitrogens with zero attached hydrogens (tertiary/aromatic N) is 2. The van der Waals surface area contributed by atoms with Crippen molar-refractivity contribution in [2.45, 2.75) is 6.54 Å². The predicted octanol–water partition coefficient (Wildman–Crippen LogP) is 3.75. The Bertz CT molecular complexity index is 1090. The van der Waals surface area contributed by atoms with Gasteiger partial charge in [-0.15, -0.1) is 0 Å². The van der Waals surface area contributed by atoms with Crippen molar-refractivity contribution in [3.63, 3.8) is 0 Å². The van der Waals surface area contributed by atoms with E-state index in [9.17, 15) is 9.90 Å². The zero-order valence-corrected chi connectivity index (χ0v) is 14.8. The van der Waals surface area contributed by atoms with E-state index in [1.807, 2.05) is 30.3 Å². The van der Waals surface area contributed by atoms with Crippen LogP contribution in [-0.2, 0) is 6.54 Å². The van der Waals surface area contributed by atoms with E-state index in [0.29, 0.717) is 23.5 Å². The first-order chi connectivity index (χ1) is 12.5. The minimum Gasteiger partial charge on any atom is -0.494 e. The van der Waals surface area contributed by atoms with Crippen molar-refractivity contribution in [1.29, 1.82) is 0 Å². The molecule has 0 fully saturated rings. The van der Waals surface area contributed by atoms with Gasteiger partial charge in [-0.3, -0.25) is 14.3 Å². The molecule has 2 N–H and O–H groups in total. The molecule has 0 radical (unpaired) electrons. The molecule has 0 atom stereocenters. The van der Waals surface area contributed by atoms with Crippen molar-refractivity contribution in [3.05, 3.63) is 99.2 Å². The van der Waals surface area contributed by atoms with Crippen LogP contribution in [0.3, 0.4) is 0 Å². The molecular weight excluding hydrogens is 346 g/mol. The molecule has 1 aliphatic rings. The van der Waals surface area contributed by atoms with Crippen molar-refractivity contribution < 1.29 is 5.11 Å². The van der Waals surface area contributed by atoms with Gasteiger partial charge >= 0.3 is 0 Å². The van der Waals surface area contributed by atoms with Crippen LogP contribution in [0, 0.1) is 4.77 Å². The quantitative estimate of drug-likeness (QED) is 0.628. The van der Waals surface area contributed by atoms with Gasteiger partial charge in [-0.2, -0.15) is 0 Å². The van der Waals surface area contributed by atoms with E-state index >= 15 is 0 Å². The summed E-state index contributed by atoms with van der Waals surface area (Å²) in [4.78, 5) is 19.2. The normalized spacial score (nSPS) is 14.5. The number of aliphatic imine (C=N–C) groups is 1. The number of hydrogen-bond donors (Lipinski definition) is 2. The molecule has 5 nitrogen and oxygen atoms in total. The monoisotopic (exact) mass is 363 g/mol. The molecule has 6 heteroatoms. The Morgan fingerprint density at radius 3 is 2.73 bits per heavy atom. The number of aromatic hydroxyl groups is 1. The minimum atomic E-state index is -0.469. The van der Waals surface area contributed by atoms with Crippen LogP contribution in [0.5, 0.6) is 5.88 Å². The van der Waals surface area contributed by atoms with Crippen LogP contribution in [0.2, 0.25) is 0 Å². The van der Waals surface area contributed by atoms with Gasteiger partial charge < -0.3 is 5.11 Å². The highest BCUT2D eigenvalue weighted by atomic mass is 32.1. The summed E-state index contributed by atoms with van der Waals surface area (Å²) in [5, 5.41) is 10.6. The Balaban J connectivity index is 2.04. The topological polar surface area (TPSA) is 70.4 Å². The number of benzene rings is 1. The van der Waals surface area contributed by atoms with Crippen molar-refractivity contribution >= 4 is 24.0 Å². The largest absolute Gasteiger partial charge is 0.494 e. The van der Waals surface area contributed by atoms with E-state index in [0.717, 1.165) is 5.56 Å². The molecule has 26 heavy (non-hydrogen) atoms. The Kier molecular flexibility index (Phi) is 4.95. The Morgan fingerprint density at radius 1 is 1.31 bits per heavy atom. The van der Waals surface area contributed by atoms with Crippen LogP contribution in [0.15, 0.2) is 82.8 Å². The van der Waals surface area contributed by atoms with Gasteiger partial charge in [0.15, 0.2) is 4.77 Å². The molecular formula is C20H17N3O2S. The average molecular weight is 363 g/mol. The lowest BCUT2D eigenvalue weighted by atomic mass is 10.2. The third kappa shape index (κ3) is 3.55. The van der Waals surface area contributed by atoms with Gasteiger partial charge in [-0.1, -0.05) is 49.6 Å². The van der Waals surface area contributed by atoms with Gasteiger partial charge in [0.05, 0.1) is 18.0 Å². The van der Waals surface area contributed by atoms with Crippen LogP contribution >= 0.6 is 12.2 Å². The molecule has 3 rings (SSSR count). The van der Waals surface area contributed by atoms with E-state index in [1.54, 1.807) is 18.2 Å². The SMILES string of the molecule is C=CC(=C)C1=NC(=Cc2c(O)n(Cc3ccccc3)c(=S)[nH]c2=O)C=C1. The van der Waals surface area contributed by atoms with Crippen LogP contribution in [0.25, 0.3) is 6.08 Å². The van der Waals surface area contributed by atoms with E-state index in [4.69, 9.17) is 12.2 Å². The fourth-order valence-electron chi connectivity index (χ4n) is 2.51. The highest BCUT2D eigenvalue weighted by Crippen LogP contribution is 2.21. The maximum atomic E-state index is 12.3. The van der Waals surface area contributed by atoms with Gasteiger partial charge in [0, 0.05) is 0 Å². The summed E-state index contributed by atoms with van der Waals surface area (Å²) in [5.41, 5.74) is 2.47. The molecule has 0 spiro atoms. The molecule has 1 aliphatic heterocycles. The van der Waals surface area contributed by atoms with E-state index in [-0.39, 0.29) is 16.2 Å². The maximum absolute atomic E-state index is 12.3. The van der Waals surface area contributed by atoms with Gasteiger partial charge in [0.1, 0.15) is 5.56 Å². The van der Waals surface area contributed by atoms with Crippen LogP contribution in [-0.4, -0.2) is 20.4 Å². The zero-order valence-electron chi connectivity index (χ0n) is 14.0. The number of allylic oxidation sites excluding steroid dienone is 4. The first kappa shape index (κ1) is 17.6. The second-order valence-electron chi connectivity index (χ2n) is 5.70. The van der Waals surface area contributed by atoms with Gasteiger partial charge in [-0.05, 0) is 41.6 Å². The number of aromatic amines is 1. The first-order valence-corrected chi connectivity index (χ1v) is 8.30. The van der Waals surface area contributed by atoms with Crippen LogP contribution in [0.1, 0.15) is 11.1 Å². The molecule has 0 saturated heterocycles. The predicted molar refractivity (Wildman–Crippen MR) is 107 cm³/mol. The van der Waals surface area contributed by atoms with Crippen molar-refractivity contribution in [2.75, 3.05) is 0 Å². The molecule has 1 aromatic carbocycles. The summed E-state index contributed by atoms with van der Waals surface area (Å²) in [6.45, 7) is 7.85. The van der Waals surface area contributed by atoms with Crippen molar-refractivity contribution in [3.8, 4) is 5.88 Å². The Labute approximate surface area is 155 Å². The summed E-state index contributed by atoms with van der Waals surface area (Å²) in [5.74, 6) is -0.199. The number of hydrogen-bond acceptors (Lipinski definition) is 4. The lowest BCUT2D eigenvalue weighted by Crippen LogP contribution is -2.17. The smallest absolute Gasteiger partial charge is 0.262 e. The fraction of sp³-hybridized carbons (Fsp3) is 0.0500. The highest BCUT2D eigenvalue weighted by molar-refractivity contribution is 7.71. The molecule has 0 amide bonds. The second-order valence-corrected chi connectivity index (χ2v) is 6.08. The summed E-state index contributed by atoms with van der Waals surface area (Å²) in [7, 11) is 0. The maximum Gasteiger partial charge on any atom is 0.262 e. The standard InChI is InChI=1S/C20H17N3O2S/c1-3-13(2)17-10-9-15(21-17)11-16-18(24)22-20(26)23(19(16)25)12-14-7-5-4-6-8-14/h3-11,25H,1-2,12H2,(H,22,24,26). The molecule has 130 valence electrons. The third-order valence-electron chi connectivity index (χ3n) is 3.92. The minimum absolute atomic E-state index is 0.100. The van der Waals surface area contributed by atoms with E-state index in [1.165, 1.54) is 10.6 Å². The molecule has 2 heterocycles. The Morgan fingerprint density at radius 2 is 2.04 bits per heavy atom. The number of rotatable bonds is 5. The summed E-state index contributed by atoms with van der Waals surface area (Å²) in [6, 6.07) is 9.54. The molecule has 0 saturated carbocycles. The molecule has 1 aromatic heterocycles. The molecule has 0 bridgehead atoms. The second kappa shape index (κ2) is 7.33. The average Bonchev–Trinajstić information content (AvgIpc) is 3.11. The molecule has 2 aromatic rings. The molecule has 0 aliphatic carbocycles. The fourth-order valence-corrected chi connectivity index (χ4v) is 2.75. The Hall–Kier alpha value is -3.25. The summed E-state index contributed by atoms with van der Waals surface area (Å²) < 4.78 is 1.63. The number of aromatic nitrogens is 2. The van der Waals surface area contributed by atoms with Gasteiger partial charge in [0.25, 0.3) is 5.56 Å². The first-order valence-electron chi connectivity index (χ1n) is 7.90. The van der Waals surface area contributed by atoms with E-state index in [2.05, 4.69) is 23.1 Å². The van der Waals surface area contributed by atoms with Crippen LogP contribution in [0.4, 0.5) is 0 Å². The van der Waals surface area contributed by atoms with Gasteiger partial charge in [-0.25, -0.2) is 4.99 Å². The summed E-state index contributed by atoms with van der Waals surface area (Å²) in [6.07, 6.45) is 6.65. The van der Waals surface area contributed by atoms with Crippen molar-refractivity contribution in [2.24, 2.45) is 4.99 Å². The lowest BCUT2D eigenvalue weighted by Gasteiger charge is -2.11.